The van der Waals surface area contributed by atoms with E-state index in [0.29, 0.717) is 6.42 Å². The smallest absolute Gasteiger partial charge is 0.308 e. The fraction of sp³-hybridized carbons (Fsp3) is 0.500. The summed E-state index contributed by atoms with van der Waals surface area (Å²) in [4.78, 5) is 11.3. The zero-order valence-corrected chi connectivity index (χ0v) is 10.6. The Labute approximate surface area is 102 Å². The summed E-state index contributed by atoms with van der Waals surface area (Å²) in [6.45, 7) is 3.82. The zero-order chi connectivity index (χ0) is 12.8. The van der Waals surface area contributed by atoms with Gasteiger partial charge < -0.3 is 9.84 Å². The molecule has 0 aliphatic heterocycles. The van der Waals surface area contributed by atoms with Gasteiger partial charge in [-0.2, -0.15) is 0 Å². The van der Waals surface area contributed by atoms with E-state index in [-0.39, 0.29) is 11.9 Å². The molecule has 0 aliphatic rings. The molecule has 17 heavy (non-hydrogen) atoms. The van der Waals surface area contributed by atoms with Crippen LogP contribution in [0.1, 0.15) is 37.5 Å². The molecular formula is C14H20O3. The molecule has 1 aromatic carbocycles. The van der Waals surface area contributed by atoms with Crippen LogP contribution in [0.15, 0.2) is 24.3 Å². The van der Waals surface area contributed by atoms with E-state index >= 15 is 0 Å². The van der Waals surface area contributed by atoms with Gasteiger partial charge >= 0.3 is 5.97 Å². The van der Waals surface area contributed by atoms with Crippen molar-refractivity contribution in [2.24, 2.45) is 5.92 Å². The number of aliphatic hydroxyl groups excluding tert-OH is 1. The molecular weight excluding hydrogens is 216 g/mol. The molecule has 0 amide bonds. The summed E-state index contributed by atoms with van der Waals surface area (Å²) in [5, 5.41) is 10.1. The largest absolute Gasteiger partial charge is 0.469 e. The van der Waals surface area contributed by atoms with Crippen molar-refractivity contribution in [2.45, 2.75) is 32.8 Å². The number of benzene rings is 1. The summed E-state index contributed by atoms with van der Waals surface area (Å²) < 4.78 is 4.66. The Bertz CT molecular complexity index is 373. The van der Waals surface area contributed by atoms with E-state index in [1.54, 1.807) is 6.92 Å². The van der Waals surface area contributed by atoms with Crippen molar-refractivity contribution >= 4 is 5.97 Å². The van der Waals surface area contributed by atoms with Crippen molar-refractivity contribution in [2.75, 3.05) is 7.11 Å². The fourth-order valence-corrected chi connectivity index (χ4v) is 1.94. The Hall–Kier alpha value is -1.35. The first-order chi connectivity index (χ1) is 8.10. The Balaban J connectivity index is 2.75. The molecule has 2 unspecified atom stereocenters. The van der Waals surface area contributed by atoms with Crippen LogP contribution in [0.25, 0.3) is 0 Å². The molecule has 94 valence electrons. The summed E-state index contributed by atoms with van der Waals surface area (Å²) >= 11 is 0. The van der Waals surface area contributed by atoms with E-state index in [1.165, 1.54) is 7.11 Å². The number of carbonyl (C=O) groups is 1. The molecule has 0 radical (unpaired) electrons. The maximum absolute atomic E-state index is 11.3. The molecule has 1 N–H and O–H groups in total. The third-order valence-corrected chi connectivity index (χ3v) is 2.98. The summed E-state index contributed by atoms with van der Waals surface area (Å²) in [6.07, 6.45) is 0.657. The molecule has 3 heteroatoms. The lowest BCUT2D eigenvalue weighted by Gasteiger charge is -2.17. The first kappa shape index (κ1) is 13.7. The highest BCUT2D eigenvalue weighted by Crippen LogP contribution is 2.25. The van der Waals surface area contributed by atoms with Gasteiger partial charge in [0.05, 0.1) is 19.1 Å². The van der Waals surface area contributed by atoms with Crippen molar-refractivity contribution in [1.82, 2.24) is 0 Å². The molecule has 0 aromatic heterocycles. The van der Waals surface area contributed by atoms with Gasteiger partial charge in [-0.05, 0) is 24.0 Å². The number of rotatable bonds is 5. The fourth-order valence-electron chi connectivity index (χ4n) is 1.94. The molecule has 2 atom stereocenters. The van der Waals surface area contributed by atoms with E-state index < -0.39 is 6.10 Å². The predicted octanol–water partition coefficient (Wildman–Crippen LogP) is 2.48. The Morgan fingerprint density at radius 1 is 1.41 bits per heavy atom. The topological polar surface area (TPSA) is 46.5 Å². The predicted molar refractivity (Wildman–Crippen MR) is 66.6 cm³/mol. The average molecular weight is 236 g/mol. The normalized spacial score (nSPS) is 14.1. The van der Waals surface area contributed by atoms with Crippen LogP contribution in [0.5, 0.6) is 0 Å². The van der Waals surface area contributed by atoms with E-state index in [1.807, 2.05) is 24.3 Å². The van der Waals surface area contributed by atoms with Crippen molar-refractivity contribution in [3.8, 4) is 0 Å². The average Bonchev–Trinajstić information content (AvgIpc) is 2.37. The number of hydrogen-bond acceptors (Lipinski definition) is 3. The summed E-state index contributed by atoms with van der Waals surface area (Å²) in [7, 11) is 1.37. The molecule has 0 bridgehead atoms. The summed E-state index contributed by atoms with van der Waals surface area (Å²) in [5.41, 5.74) is 2.03. The number of carbonyl (C=O) groups excluding carboxylic acids is 1. The van der Waals surface area contributed by atoms with Gasteiger partial charge in [0.15, 0.2) is 0 Å². The lowest BCUT2D eigenvalue weighted by Crippen LogP contribution is -2.16. The molecule has 0 fully saturated rings. The molecule has 0 saturated heterocycles. The van der Waals surface area contributed by atoms with Gasteiger partial charge in [-0.25, -0.2) is 0 Å². The lowest BCUT2D eigenvalue weighted by molar-refractivity contribution is -0.145. The van der Waals surface area contributed by atoms with Gasteiger partial charge in [0.25, 0.3) is 0 Å². The van der Waals surface area contributed by atoms with Gasteiger partial charge in [-0.15, -0.1) is 0 Å². The van der Waals surface area contributed by atoms with Gasteiger partial charge in [0.2, 0.25) is 0 Å². The second-order valence-electron chi connectivity index (χ2n) is 4.23. The van der Waals surface area contributed by atoms with Crippen LogP contribution >= 0.6 is 0 Å². The minimum Gasteiger partial charge on any atom is -0.469 e. The second-order valence-corrected chi connectivity index (χ2v) is 4.23. The standard InChI is InChI=1S/C14H20O3/c1-4-11-7-5-6-8-12(11)13(15)9-10(2)14(16)17-3/h5-8,10,13,15H,4,9H2,1-3H3. The Kier molecular flexibility index (Phi) is 5.16. The molecule has 0 saturated carbocycles. The SMILES string of the molecule is CCc1ccccc1C(O)CC(C)C(=O)OC. The molecule has 0 spiro atoms. The maximum Gasteiger partial charge on any atom is 0.308 e. The van der Waals surface area contributed by atoms with Crippen molar-refractivity contribution < 1.29 is 14.6 Å². The highest BCUT2D eigenvalue weighted by atomic mass is 16.5. The van der Waals surface area contributed by atoms with Crippen LogP contribution in [0.3, 0.4) is 0 Å². The third-order valence-electron chi connectivity index (χ3n) is 2.98. The summed E-state index contributed by atoms with van der Waals surface area (Å²) in [6, 6.07) is 7.77. The minimum absolute atomic E-state index is 0.280. The molecule has 1 aromatic rings. The van der Waals surface area contributed by atoms with Crippen LogP contribution in [0.2, 0.25) is 0 Å². The van der Waals surface area contributed by atoms with Crippen molar-refractivity contribution in [3.63, 3.8) is 0 Å². The Morgan fingerprint density at radius 2 is 2.06 bits per heavy atom. The van der Waals surface area contributed by atoms with Crippen LogP contribution in [-0.4, -0.2) is 18.2 Å². The first-order valence-corrected chi connectivity index (χ1v) is 5.93. The number of ether oxygens (including phenoxy) is 1. The second kappa shape index (κ2) is 6.40. The van der Waals surface area contributed by atoms with Crippen LogP contribution in [-0.2, 0) is 16.0 Å². The number of esters is 1. The van der Waals surface area contributed by atoms with E-state index in [4.69, 9.17) is 0 Å². The van der Waals surface area contributed by atoms with E-state index in [9.17, 15) is 9.90 Å². The zero-order valence-electron chi connectivity index (χ0n) is 10.6. The highest BCUT2D eigenvalue weighted by molar-refractivity contribution is 5.71. The van der Waals surface area contributed by atoms with E-state index in [0.717, 1.165) is 17.5 Å². The highest BCUT2D eigenvalue weighted by Gasteiger charge is 2.20. The van der Waals surface area contributed by atoms with Gasteiger partial charge in [-0.3, -0.25) is 4.79 Å². The Morgan fingerprint density at radius 3 is 2.65 bits per heavy atom. The number of hydrogen-bond donors (Lipinski definition) is 1. The number of aryl methyl sites for hydroxylation is 1. The van der Waals surface area contributed by atoms with Gasteiger partial charge in [-0.1, -0.05) is 38.1 Å². The summed E-state index contributed by atoms with van der Waals surface area (Å²) in [5.74, 6) is -0.571. The van der Waals surface area contributed by atoms with Crippen LogP contribution in [0.4, 0.5) is 0 Å². The number of aliphatic hydroxyl groups is 1. The van der Waals surface area contributed by atoms with Gasteiger partial charge in [0, 0.05) is 0 Å². The number of methoxy groups -OCH3 is 1. The lowest BCUT2D eigenvalue weighted by atomic mass is 9.94. The third kappa shape index (κ3) is 3.56. The molecule has 1 rings (SSSR count). The quantitative estimate of drug-likeness (QED) is 0.799. The molecule has 3 nitrogen and oxygen atoms in total. The molecule has 0 aliphatic carbocycles. The van der Waals surface area contributed by atoms with Gasteiger partial charge in [0.1, 0.15) is 0 Å². The maximum atomic E-state index is 11.3. The monoisotopic (exact) mass is 236 g/mol. The van der Waals surface area contributed by atoms with Crippen LogP contribution < -0.4 is 0 Å². The first-order valence-electron chi connectivity index (χ1n) is 5.93. The van der Waals surface area contributed by atoms with E-state index in [2.05, 4.69) is 11.7 Å². The van der Waals surface area contributed by atoms with Crippen molar-refractivity contribution in [1.29, 1.82) is 0 Å². The van der Waals surface area contributed by atoms with Crippen LogP contribution in [0, 0.1) is 5.92 Å². The molecule has 0 heterocycles. The minimum atomic E-state index is -0.611. The van der Waals surface area contributed by atoms with Crippen molar-refractivity contribution in [3.05, 3.63) is 35.4 Å².